The van der Waals surface area contributed by atoms with Crippen molar-refractivity contribution >= 4 is 35.6 Å². The summed E-state index contributed by atoms with van der Waals surface area (Å²) in [6.07, 6.45) is -5.69. The lowest BCUT2D eigenvalue weighted by molar-refractivity contribution is -0.312. The summed E-state index contributed by atoms with van der Waals surface area (Å²) in [6, 6.07) is 7.95. The third kappa shape index (κ3) is 4.95. The number of esters is 5. The number of benzene rings is 1. The fourth-order valence-corrected chi connectivity index (χ4v) is 7.25. The second kappa shape index (κ2) is 11.1. The number of hydrogen-bond acceptors (Lipinski definition) is 12. The molecule has 0 radical (unpaired) electrons. The molecule has 8 atom stereocenters. The summed E-state index contributed by atoms with van der Waals surface area (Å²) in [5.74, 6) is -6.33. The number of rotatable bonds is 7. The maximum Gasteiger partial charge on any atom is 0.338 e. The van der Waals surface area contributed by atoms with Crippen molar-refractivity contribution in [2.24, 2.45) is 17.3 Å². The number of hydrogen-bond donors (Lipinski definition) is 0. The highest BCUT2D eigenvalue weighted by molar-refractivity contribution is 5.93. The van der Waals surface area contributed by atoms with E-state index in [4.69, 9.17) is 28.4 Å². The van der Waals surface area contributed by atoms with Crippen LogP contribution in [-0.2, 0) is 52.4 Å². The van der Waals surface area contributed by atoms with Gasteiger partial charge in [-0.15, -0.1) is 0 Å². The van der Waals surface area contributed by atoms with E-state index in [-0.39, 0.29) is 12.0 Å². The van der Waals surface area contributed by atoms with E-state index in [1.165, 1.54) is 26.0 Å². The molecule has 1 unspecified atom stereocenters. The number of Topliss-reactive ketones (excluding diaryl/α,β-unsaturated/α-hetero) is 1. The minimum atomic E-state index is -2.02. The number of fused-ring (bicyclic) bond motifs is 1. The summed E-state index contributed by atoms with van der Waals surface area (Å²) in [7, 11) is 0. The maximum absolute atomic E-state index is 14.4. The molecule has 2 aliphatic carbocycles. The molecule has 2 bridgehead atoms. The second-order valence-electron chi connectivity index (χ2n) is 11.7. The van der Waals surface area contributed by atoms with E-state index in [0.717, 1.165) is 13.8 Å². The first-order chi connectivity index (χ1) is 19.6. The summed E-state index contributed by atoms with van der Waals surface area (Å²) in [6.45, 7) is 8.96. The number of carbonyl (C=O) groups is 6. The van der Waals surface area contributed by atoms with Gasteiger partial charge >= 0.3 is 29.8 Å². The summed E-state index contributed by atoms with van der Waals surface area (Å²) in [4.78, 5) is 77.7. The Labute approximate surface area is 243 Å². The minimum absolute atomic E-state index is 0.0374. The SMILES string of the molecule is CC(=O)OC[C@]12[C@H](OC(C)=O)C(=O)C3[C@@H](OC(C)=O)[C@]1(OC3(C)C)[C@H](C)C[C@H](OC(C)=O)[C@@H]2OC(=O)c1ccccc1. The van der Waals surface area contributed by atoms with Gasteiger partial charge in [0.2, 0.25) is 0 Å². The molecule has 4 rings (SSSR count). The van der Waals surface area contributed by atoms with Crippen LogP contribution in [0, 0.1) is 17.3 Å². The van der Waals surface area contributed by atoms with Gasteiger partial charge in [-0.2, -0.15) is 0 Å². The average molecular weight is 589 g/mol. The van der Waals surface area contributed by atoms with Gasteiger partial charge in [0.1, 0.15) is 29.8 Å². The molecule has 0 aromatic heterocycles. The third-order valence-electron chi connectivity index (χ3n) is 8.48. The van der Waals surface area contributed by atoms with Crippen molar-refractivity contribution in [2.45, 2.75) is 90.5 Å². The first kappa shape index (κ1) is 31.1. The summed E-state index contributed by atoms with van der Waals surface area (Å²) < 4.78 is 35.7. The Morgan fingerprint density at radius 1 is 0.833 bits per heavy atom. The van der Waals surface area contributed by atoms with Gasteiger partial charge < -0.3 is 28.4 Å². The van der Waals surface area contributed by atoms with Crippen LogP contribution in [0.5, 0.6) is 0 Å². The van der Waals surface area contributed by atoms with Crippen molar-refractivity contribution < 1.29 is 57.2 Å². The number of ketones is 1. The van der Waals surface area contributed by atoms with Crippen LogP contribution in [0.15, 0.2) is 30.3 Å². The smallest absolute Gasteiger partial charge is 0.338 e. The molecule has 228 valence electrons. The van der Waals surface area contributed by atoms with E-state index in [0.29, 0.717) is 0 Å². The van der Waals surface area contributed by atoms with E-state index in [9.17, 15) is 28.8 Å². The molecule has 0 N–H and O–H groups in total. The molecule has 1 aliphatic heterocycles. The van der Waals surface area contributed by atoms with Crippen LogP contribution in [0.25, 0.3) is 0 Å². The normalized spacial score (nSPS) is 34.4. The van der Waals surface area contributed by atoms with Crippen LogP contribution in [0.2, 0.25) is 0 Å². The second-order valence-corrected chi connectivity index (χ2v) is 11.7. The standard InChI is InChI=1S/C30H36O12/c1-15-13-21(38-17(3)32)24(41-27(36)20-11-9-8-10-12-20)29(14-37-16(2)31)26(40-19(5)34)23(35)22-25(39-18(4)33)30(15,29)42-28(22,6)7/h8-12,15,21-22,24-26H,13-14H2,1-7H3/t15-,21+,22?,24+,25-,26-,29+,30-/m1/s1. The minimum Gasteiger partial charge on any atom is -0.465 e. The van der Waals surface area contributed by atoms with E-state index < -0.39 is 95.1 Å². The van der Waals surface area contributed by atoms with Gasteiger partial charge in [0.15, 0.2) is 18.0 Å². The van der Waals surface area contributed by atoms with Gasteiger partial charge in [-0.25, -0.2) is 4.79 Å². The number of ether oxygens (including phenoxy) is 6. The Morgan fingerprint density at radius 2 is 1.43 bits per heavy atom. The monoisotopic (exact) mass is 588 g/mol. The highest BCUT2D eigenvalue weighted by atomic mass is 16.6. The molecule has 1 aromatic carbocycles. The molecule has 12 nitrogen and oxygen atoms in total. The Balaban J connectivity index is 2.07. The van der Waals surface area contributed by atoms with Gasteiger partial charge in [-0.3, -0.25) is 24.0 Å². The molecule has 3 fully saturated rings. The Hall–Kier alpha value is -3.80. The molecule has 42 heavy (non-hydrogen) atoms. The van der Waals surface area contributed by atoms with Gasteiger partial charge in [0.05, 0.1) is 17.1 Å². The van der Waals surface area contributed by atoms with E-state index >= 15 is 0 Å². The van der Waals surface area contributed by atoms with E-state index in [1.807, 2.05) is 0 Å². The predicted molar refractivity (Wildman–Crippen MR) is 142 cm³/mol. The predicted octanol–water partition coefficient (Wildman–Crippen LogP) is 2.34. The molecule has 3 aliphatic rings. The first-order valence-corrected chi connectivity index (χ1v) is 13.7. The quantitative estimate of drug-likeness (QED) is 0.339. The summed E-state index contributed by atoms with van der Waals surface area (Å²) in [5, 5.41) is 0. The molecule has 2 saturated carbocycles. The molecular formula is C30H36O12. The topological polar surface area (TPSA) is 158 Å². The molecule has 1 spiro atoms. The van der Waals surface area contributed by atoms with Gasteiger partial charge in [-0.1, -0.05) is 25.1 Å². The molecule has 1 aromatic rings. The molecule has 0 amide bonds. The van der Waals surface area contributed by atoms with Crippen LogP contribution in [0.3, 0.4) is 0 Å². The van der Waals surface area contributed by atoms with E-state index in [1.54, 1.807) is 39.0 Å². The van der Waals surface area contributed by atoms with Crippen molar-refractivity contribution in [3.05, 3.63) is 35.9 Å². The summed E-state index contributed by atoms with van der Waals surface area (Å²) >= 11 is 0. The van der Waals surface area contributed by atoms with Crippen LogP contribution in [0.4, 0.5) is 0 Å². The van der Waals surface area contributed by atoms with Crippen molar-refractivity contribution in [3.8, 4) is 0 Å². The van der Waals surface area contributed by atoms with Crippen molar-refractivity contribution in [1.82, 2.24) is 0 Å². The van der Waals surface area contributed by atoms with Crippen LogP contribution in [0.1, 0.15) is 65.2 Å². The molecular weight excluding hydrogens is 552 g/mol. The highest BCUT2D eigenvalue weighted by Gasteiger charge is 2.85. The van der Waals surface area contributed by atoms with Crippen molar-refractivity contribution in [1.29, 1.82) is 0 Å². The first-order valence-electron chi connectivity index (χ1n) is 13.7. The Bertz CT molecular complexity index is 1290. The summed E-state index contributed by atoms with van der Waals surface area (Å²) in [5.41, 5.74) is -4.87. The molecule has 1 heterocycles. The average Bonchev–Trinajstić information content (AvgIpc) is 3.08. The molecule has 12 heteroatoms. The van der Waals surface area contributed by atoms with Crippen LogP contribution < -0.4 is 0 Å². The Kier molecular flexibility index (Phi) is 8.25. The van der Waals surface area contributed by atoms with E-state index in [2.05, 4.69) is 0 Å². The Morgan fingerprint density at radius 3 is 1.98 bits per heavy atom. The lowest BCUT2D eigenvalue weighted by Gasteiger charge is -2.62. The lowest BCUT2D eigenvalue weighted by Crippen LogP contribution is -2.80. The van der Waals surface area contributed by atoms with Gasteiger partial charge in [0.25, 0.3) is 0 Å². The maximum atomic E-state index is 14.4. The zero-order chi connectivity index (χ0) is 31.2. The largest absolute Gasteiger partial charge is 0.465 e. The van der Waals surface area contributed by atoms with Crippen LogP contribution in [-0.4, -0.2) is 77.9 Å². The highest BCUT2D eigenvalue weighted by Crippen LogP contribution is 2.67. The third-order valence-corrected chi connectivity index (χ3v) is 8.48. The van der Waals surface area contributed by atoms with Crippen molar-refractivity contribution in [3.63, 3.8) is 0 Å². The van der Waals surface area contributed by atoms with Gasteiger partial charge in [-0.05, 0) is 38.3 Å². The van der Waals surface area contributed by atoms with Crippen LogP contribution >= 0.6 is 0 Å². The molecule has 1 saturated heterocycles. The fourth-order valence-electron chi connectivity index (χ4n) is 7.25. The van der Waals surface area contributed by atoms with Gasteiger partial charge in [0, 0.05) is 27.7 Å². The number of carbonyl (C=O) groups excluding carboxylic acids is 6. The lowest BCUT2D eigenvalue weighted by atomic mass is 9.47. The fraction of sp³-hybridized carbons (Fsp3) is 0.600. The zero-order valence-corrected chi connectivity index (χ0v) is 24.7. The zero-order valence-electron chi connectivity index (χ0n) is 24.7. The van der Waals surface area contributed by atoms with Crippen molar-refractivity contribution in [2.75, 3.05) is 6.61 Å².